The van der Waals surface area contributed by atoms with Gasteiger partial charge in [0.1, 0.15) is 5.82 Å². The maximum atomic E-state index is 4.71. The van der Waals surface area contributed by atoms with Gasteiger partial charge in [0, 0.05) is 31.1 Å². The smallest absolute Gasteiger partial charge is 0.123 e. The number of fused-ring (bicyclic) bond motifs is 1. The Morgan fingerprint density at radius 1 is 1.30 bits per heavy atom. The topological polar surface area (TPSA) is 42.7 Å². The van der Waals surface area contributed by atoms with Gasteiger partial charge in [0.2, 0.25) is 0 Å². The normalized spacial score (nSPS) is 11.2. The minimum atomic E-state index is 0.799. The minimum absolute atomic E-state index is 0.799. The lowest BCUT2D eigenvalue weighted by molar-refractivity contribution is 0.620. The van der Waals surface area contributed by atoms with Gasteiger partial charge in [0.05, 0.1) is 22.6 Å². The molecule has 0 fully saturated rings. The number of benzene rings is 1. The lowest BCUT2D eigenvalue weighted by Gasteiger charge is -2.07. The van der Waals surface area contributed by atoms with Crippen molar-refractivity contribution in [2.24, 2.45) is 0 Å². The quantitative estimate of drug-likeness (QED) is 0.709. The Kier molecular flexibility index (Phi) is 4.08. The number of aromatic nitrogens is 3. The Morgan fingerprint density at radius 3 is 3.00 bits per heavy atom. The van der Waals surface area contributed by atoms with Crippen LogP contribution in [-0.4, -0.2) is 21.1 Å². The maximum absolute atomic E-state index is 4.71. The molecule has 1 aromatic carbocycles. The molecule has 0 bridgehead atoms. The summed E-state index contributed by atoms with van der Waals surface area (Å²) < 4.78 is 2.27. The van der Waals surface area contributed by atoms with Crippen molar-refractivity contribution in [1.29, 1.82) is 0 Å². The van der Waals surface area contributed by atoms with E-state index in [0.29, 0.717) is 0 Å². The Hall–Kier alpha value is -1.72. The van der Waals surface area contributed by atoms with E-state index in [0.717, 1.165) is 37.4 Å². The van der Waals surface area contributed by atoms with Crippen molar-refractivity contribution in [2.75, 3.05) is 6.54 Å². The van der Waals surface area contributed by atoms with Gasteiger partial charge in [-0.2, -0.15) is 0 Å². The molecule has 0 saturated heterocycles. The SMILES string of the molecule is CCn1c(CNCCc2nccs2)nc2ccccc21. The maximum Gasteiger partial charge on any atom is 0.123 e. The van der Waals surface area contributed by atoms with E-state index in [-0.39, 0.29) is 0 Å². The third kappa shape index (κ3) is 2.73. The van der Waals surface area contributed by atoms with Gasteiger partial charge in [-0.05, 0) is 19.1 Å². The first kappa shape index (κ1) is 13.3. The molecule has 0 radical (unpaired) electrons. The Labute approximate surface area is 122 Å². The van der Waals surface area contributed by atoms with Crippen LogP contribution in [0.4, 0.5) is 0 Å². The molecule has 0 aliphatic heterocycles. The summed E-state index contributed by atoms with van der Waals surface area (Å²) in [5.74, 6) is 1.10. The fourth-order valence-corrected chi connectivity index (χ4v) is 3.01. The fraction of sp³-hybridized carbons (Fsp3) is 0.333. The second-order valence-electron chi connectivity index (χ2n) is 4.61. The van der Waals surface area contributed by atoms with E-state index in [1.807, 2.05) is 17.6 Å². The van der Waals surface area contributed by atoms with Gasteiger partial charge in [0.25, 0.3) is 0 Å². The first-order valence-electron chi connectivity index (χ1n) is 6.91. The highest BCUT2D eigenvalue weighted by molar-refractivity contribution is 7.09. The third-order valence-electron chi connectivity index (χ3n) is 3.33. The Bertz CT molecular complexity index is 672. The third-order valence-corrected chi connectivity index (χ3v) is 4.17. The van der Waals surface area contributed by atoms with Gasteiger partial charge in [-0.25, -0.2) is 9.97 Å². The molecule has 20 heavy (non-hydrogen) atoms. The second kappa shape index (κ2) is 6.15. The molecular formula is C15H18N4S. The van der Waals surface area contributed by atoms with E-state index in [1.165, 1.54) is 10.5 Å². The molecule has 104 valence electrons. The van der Waals surface area contributed by atoms with Crippen LogP contribution in [0.15, 0.2) is 35.8 Å². The van der Waals surface area contributed by atoms with Crippen molar-refractivity contribution >= 4 is 22.4 Å². The number of nitrogens with zero attached hydrogens (tertiary/aromatic N) is 3. The lowest BCUT2D eigenvalue weighted by Crippen LogP contribution is -2.19. The number of nitrogens with one attached hydrogen (secondary N) is 1. The Balaban J connectivity index is 1.65. The molecule has 0 saturated carbocycles. The average Bonchev–Trinajstić information content (AvgIpc) is 3.10. The number of rotatable bonds is 6. The van der Waals surface area contributed by atoms with Crippen LogP contribution in [0.25, 0.3) is 11.0 Å². The van der Waals surface area contributed by atoms with Gasteiger partial charge in [-0.3, -0.25) is 0 Å². The van der Waals surface area contributed by atoms with Crippen molar-refractivity contribution in [2.45, 2.75) is 26.4 Å². The molecular weight excluding hydrogens is 268 g/mol. The molecule has 0 unspecified atom stereocenters. The highest BCUT2D eigenvalue weighted by atomic mass is 32.1. The van der Waals surface area contributed by atoms with Gasteiger partial charge in [0.15, 0.2) is 0 Å². The summed E-state index contributed by atoms with van der Waals surface area (Å²) in [7, 11) is 0. The van der Waals surface area contributed by atoms with Gasteiger partial charge in [-0.15, -0.1) is 11.3 Å². The summed E-state index contributed by atoms with van der Waals surface area (Å²) in [5.41, 5.74) is 2.29. The summed E-state index contributed by atoms with van der Waals surface area (Å²) in [5, 5.41) is 6.66. The van der Waals surface area contributed by atoms with Crippen LogP contribution in [0, 0.1) is 0 Å². The first-order chi connectivity index (χ1) is 9.88. The first-order valence-corrected chi connectivity index (χ1v) is 7.79. The van der Waals surface area contributed by atoms with Crippen LogP contribution in [0.3, 0.4) is 0 Å². The molecule has 2 heterocycles. The van der Waals surface area contributed by atoms with Crippen LogP contribution in [0.5, 0.6) is 0 Å². The van der Waals surface area contributed by atoms with Gasteiger partial charge >= 0.3 is 0 Å². The number of hydrogen-bond acceptors (Lipinski definition) is 4. The lowest BCUT2D eigenvalue weighted by atomic mass is 10.3. The number of aryl methyl sites for hydroxylation is 1. The zero-order chi connectivity index (χ0) is 13.8. The van der Waals surface area contributed by atoms with E-state index in [9.17, 15) is 0 Å². The molecule has 4 nitrogen and oxygen atoms in total. The molecule has 2 aromatic heterocycles. The van der Waals surface area contributed by atoms with E-state index >= 15 is 0 Å². The second-order valence-corrected chi connectivity index (χ2v) is 5.59. The highest BCUT2D eigenvalue weighted by Crippen LogP contribution is 2.15. The highest BCUT2D eigenvalue weighted by Gasteiger charge is 2.08. The van der Waals surface area contributed by atoms with E-state index in [2.05, 4.69) is 40.0 Å². The van der Waals surface area contributed by atoms with Crippen LogP contribution in [0.2, 0.25) is 0 Å². The monoisotopic (exact) mass is 286 g/mol. The van der Waals surface area contributed by atoms with Gasteiger partial charge < -0.3 is 9.88 Å². The van der Waals surface area contributed by atoms with E-state index in [4.69, 9.17) is 4.98 Å². The zero-order valence-corrected chi connectivity index (χ0v) is 12.4. The van der Waals surface area contributed by atoms with Crippen molar-refractivity contribution in [1.82, 2.24) is 19.9 Å². The Morgan fingerprint density at radius 2 is 2.20 bits per heavy atom. The minimum Gasteiger partial charge on any atom is -0.327 e. The molecule has 0 aliphatic carbocycles. The number of para-hydroxylation sites is 2. The summed E-state index contributed by atoms with van der Waals surface area (Å²) in [6.45, 7) is 4.84. The van der Waals surface area contributed by atoms with E-state index in [1.54, 1.807) is 11.3 Å². The molecule has 3 aromatic rings. The van der Waals surface area contributed by atoms with Crippen molar-refractivity contribution < 1.29 is 0 Å². The van der Waals surface area contributed by atoms with Crippen LogP contribution < -0.4 is 5.32 Å². The molecule has 5 heteroatoms. The predicted molar refractivity (Wildman–Crippen MR) is 82.9 cm³/mol. The molecule has 3 rings (SSSR count). The summed E-state index contributed by atoms with van der Waals surface area (Å²) >= 11 is 1.71. The predicted octanol–water partition coefficient (Wildman–Crippen LogP) is 2.85. The van der Waals surface area contributed by atoms with Crippen molar-refractivity contribution in [3.05, 3.63) is 46.7 Å². The van der Waals surface area contributed by atoms with Crippen LogP contribution in [0.1, 0.15) is 17.8 Å². The molecule has 0 amide bonds. The molecule has 1 N–H and O–H groups in total. The largest absolute Gasteiger partial charge is 0.327 e. The molecule has 0 spiro atoms. The van der Waals surface area contributed by atoms with Crippen molar-refractivity contribution in [3.63, 3.8) is 0 Å². The summed E-state index contributed by atoms with van der Waals surface area (Å²) in [6.07, 6.45) is 2.83. The van der Waals surface area contributed by atoms with Crippen LogP contribution >= 0.6 is 11.3 Å². The summed E-state index contributed by atoms with van der Waals surface area (Å²) in [6, 6.07) is 8.30. The number of hydrogen-bond donors (Lipinski definition) is 1. The summed E-state index contributed by atoms with van der Waals surface area (Å²) in [4.78, 5) is 8.99. The standard InChI is InChI=1S/C15H18N4S/c1-2-19-13-6-4-3-5-12(13)18-14(19)11-16-8-7-15-17-9-10-20-15/h3-6,9-10,16H,2,7-8,11H2,1H3. The molecule has 0 aliphatic rings. The fourth-order valence-electron chi connectivity index (χ4n) is 2.39. The number of imidazole rings is 1. The van der Waals surface area contributed by atoms with Gasteiger partial charge in [-0.1, -0.05) is 12.1 Å². The van der Waals surface area contributed by atoms with E-state index < -0.39 is 0 Å². The average molecular weight is 286 g/mol. The van der Waals surface area contributed by atoms with Crippen LogP contribution in [-0.2, 0) is 19.5 Å². The molecule has 0 atom stereocenters. The number of thiazole rings is 1. The van der Waals surface area contributed by atoms with Crippen molar-refractivity contribution in [3.8, 4) is 0 Å². The zero-order valence-electron chi connectivity index (χ0n) is 11.5.